The predicted octanol–water partition coefficient (Wildman–Crippen LogP) is 2.80. The van der Waals surface area contributed by atoms with Crippen molar-refractivity contribution >= 4 is 17.2 Å². The maximum absolute atomic E-state index is 12.1. The summed E-state index contributed by atoms with van der Waals surface area (Å²) >= 11 is 0. The third-order valence-corrected chi connectivity index (χ3v) is 2.96. The monoisotopic (exact) mass is 293 g/mol. The number of hydrazone groups is 1. The van der Waals surface area contributed by atoms with Gasteiger partial charge in [-0.3, -0.25) is 10.2 Å². The molecule has 22 heavy (non-hydrogen) atoms. The standard InChI is InChI=1S/C17H15N3O2/c1-22-15-9-7-13(8-10-15)11-17(21)16(12-18)20-19-14-5-3-2-4-6-14/h2-10,19H,11H2,1H3/b20-16+. The first kappa shape index (κ1) is 15.3. The highest BCUT2D eigenvalue weighted by Crippen LogP contribution is 2.12. The van der Waals surface area contributed by atoms with Crippen LogP contribution in [0.15, 0.2) is 59.7 Å². The van der Waals surface area contributed by atoms with Crippen molar-refractivity contribution in [3.63, 3.8) is 0 Å². The molecule has 0 aliphatic heterocycles. The van der Waals surface area contributed by atoms with Gasteiger partial charge in [0.25, 0.3) is 0 Å². The Balaban J connectivity index is 2.03. The number of carbonyl (C=O) groups is 1. The minimum atomic E-state index is -0.337. The van der Waals surface area contributed by atoms with E-state index in [4.69, 9.17) is 10.00 Å². The Hall–Kier alpha value is -3.13. The van der Waals surface area contributed by atoms with E-state index in [1.807, 2.05) is 24.3 Å². The predicted molar refractivity (Wildman–Crippen MR) is 84.8 cm³/mol. The summed E-state index contributed by atoms with van der Waals surface area (Å²) in [5, 5.41) is 12.9. The van der Waals surface area contributed by atoms with Crippen molar-refractivity contribution < 1.29 is 9.53 Å². The molecule has 0 spiro atoms. The Bertz CT molecular complexity index is 701. The van der Waals surface area contributed by atoms with Gasteiger partial charge in [-0.05, 0) is 29.8 Å². The van der Waals surface area contributed by atoms with Gasteiger partial charge in [-0.15, -0.1) is 0 Å². The smallest absolute Gasteiger partial charge is 0.203 e. The summed E-state index contributed by atoms with van der Waals surface area (Å²) in [6.45, 7) is 0. The lowest BCUT2D eigenvalue weighted by Crippen LogP contribution is -2.16. The molecule has 0 saturated carbocycles. The van der Waals surface area contributed by atoms with Crippen LogP contribution >= 0.6 is 0 Å². The number of anilines is 1. The molecule has 2 rings (SSSR count). The highest BCUT2D eigenvalue weighted by atomic mass is 16.5. The highest BCUT2D eigenvalue weighted by Gasteiger charge is 2.12. The van der Waals surface area contributed by atoms with Crippen molar-refractivity contribution in [3.8, 4) is 11.8 Å². The summed E-state index contributed by atoms with van der Waals surface area (Å²) in [5.74, 6) is 0.382. The SMILES string of the molecule is COc1ccc(CC(=O)/C(C#N)=N/Nc2ccccc2)cc1. The Labute approximate surface area is 128 Å². The largest absolute Gasteiger partial charge is 0.497 e. The van der Waals surface area contributed by atoms with Gasteiger partial charge in [0.2, 0.25) is 5.71 Å². The second-order valence-electron chi connectivity index (χ2n) is 4.50. The Morgan fingerprint density at radius 1 is 1.18 bits per heavy atom. The van der Waals surface area contributed by atoms with E-state index in [0.29, 0.717) is 5.69 Å². The van der Waals surface area contributed by atoms with Crippen LogP contribution in [0.5, 0.6) is 5.75 Å². The van der Waals surface area contributed by atoms with E-state index in [0.717, 1.165) is 11.3 Å². The van der Waals surface area contributed by atoms with Crippen molar-refractivity contribution in [2.45, 2.75) is 6.42 Å². The number of benzene rings is 2. The molecule has 0 aliphatic rings. The van der Waals surface area contributed by atoms with Crippen LogP contribution in [-0.4, -0.2) is 18.6 Å². The molecule has 0 radical (unpaired) electrons. The van der Waals surface area contributed by atoms with Crippen molar-refractivity contribution in [2.24, 2.45) is 5.10 Å². The number of methoxy groups -OCH3 is 1. The number of nitrogens with one attached hydrogen (secondary N) is 1. The first-order chi connectivity index (χ1) is 10.7. The lowest BCUT2D eigenvalue weighted by molar-refractivity contribution is -0.112. The zero-order valence-corrected chi connectivity index (χ0v) is 12.1. The van der Waals surface area contributed by atoms with Gasteiger partial charge in [0.15, 0.2) is 5.78 Å². The number of nitrogens with zero attached hydrogens (tertiary/aromatic N) is 2. The molecule has 0 aliphatic carbocycles. The van der Waals surface area contributed by atoms with Crippen LogP contribution in [0.1, 0.15) is 5.56 Å². The molecule has 2 aromatic carbocycles. The zero-order valence-electron chi connectivity index (χ0n) is 12.1. The van der Waals surface area contributed by atoms with E-state index in [1.165, 1.54) is 0 Å². The molecule has 2 aromatic rings. The third kappa shape index (κ3) is 4.18. The molecule has 0 aromatic heterocycles. The number of hydrogen-bond acceptors (Lipinski definition) is 5. The van der Waals surface area contributed by atoms with Gasteiger partial charge < -0.3 is 4.74 Å². The summed E-state index contributed by atoms with van der Waals surface area (Å²) in [4.78, 5) is 12.1. The second-order valence-corrected chi connectivity index (χ2v) is 4.50. The molecule has 110 valence electrons. The fourth-order valence-corrected chi connectivity index (χ4v) is 1.80. The van der Waals surface area contributed by atoms with Crippen LogP contribution < -0.4 is 10.2 Å². The number of ether oxygens (including phenoxy) is 1. The van der Waals surface area contributed by atoms with Crippen LogP contribution in [-0.2, 0) is 11.2 Å². The maximum Gasteiger partial charge on any atom is 0.203 e. The Morgan fingerprint density at radius 2 is 1.86 bits per heavy atom. The van der Waals surface area contributed by atoms with Crippen molar-refractivity contribution in [1.82, 2.24) is 0 Å². The van der Waals surface area contributed by atoms with Crippen LogP contribution in [0, 0.1) is 11.3 Å². The van der Waals surface area contributed by atoms with Gasteiger partial charge in [0.05, 0.1) is 12.8 Å². The maximum atomic E-state index is 12.1. The average Bonchev–Trinajstić information content (AvgIpc) is 2.57. The number of nitriles is 1. The molecule has 0 atom stereocenters. The summed E-state index contributed by atoms with van der Waals surface area (Å²) in [5.41, 5.74) is 4.07. The minimum absolute atomic E-state index is 0.118. The first-order valence-electron chi connectivity index (χ1n) is 6.68. The van der Waals surface area contributed by atoms with E-state index in [2.05, 4.69) is 10.5 Å². The van der Waals surface area contributed by atoms with Gasteiger partial charge in [-0.25, -0.2) is 0 Å². The van der Waals surface area contributed by atoms with Gasteiger partial charge >= 0.3 is 0 Å². The number of ketones is 1. The first-order valence-corrected chi connectivity index (χ1v) is 6.68. The number of hydrogen-bond donors (Lipinski definition) is 1. The average molecular weight is 293 g/mol. The molecule has 0 unspecified atom stereocenters. The van der Waals surface area contributed by atoms with E-state index in [-0.39, 0.29) is 17.9 Å². The quantitative estimate of drug-likeness (QED) is 0.656. The number of rotatable bonds is 6. The molecule has 0 fully saturated rings. The molecule has 0 heterocycles. The van der Waals surface area contributed by atoms with E-state index < -0.39 is 0 Å². The molecule has 5 heteroatoms. The lowest BCUT2D eigenvalue weighted by atomic mass is 10.1. The van der Waals surface area contributed by atoms with Crippen LogP contribution in [0.3, 0.4) is 0 Å². The Kier molecular flexibility index (Phi) is 5.27. The summed E-state index contributed by atoms with van der Waals surface area (Å²) < 4.78 is 5.06. The van der Waals surface area contributed by atoms with Gasteiger partial charge in [-0.2, -0.15) is 10.4 Å². The van der Waals surface area contributed by atoms with Gasteiger partial charge in [0, 0.05) is 6.42 Å². The molecule has 1 N–H and O–H groups in total. The molecule has 0 bridgehead atoms. The normalized spacial score (nSPS) is 10.6. The summed E-state index contributed by atoms with van der Waals surface area (Å²) in [7, 11) is 1.58. The van der Waals surface area contributed by atoms with E-state index in [1.54, 1.807) is 43.5 Å². The second kappa shape index (κ2) is 7.60. The molecule has 0 saturated heterocycles. The minimum Gasteiger partial charge on any atom is -0.497 e. The number of Topliss-reactive ketones (excluding diaryl/α,β-unsaturated/α-hetero) is 1. The summed E-state index contributed by atoms with van der Waals surface area (Å²) in [6, 6.07) is 18.1. The fraction of sp³-hybridized carbons (Fsp3) is 0.118. The van der Waals surface area contributed by atoms with E-state index in [9.17, 15) is 4.79 Å². The molecule has 0 amide bonds. The lowest BCUT2D eigenvalue weighted by Gasteiger charge is -2.03. The molecular weight excluding hydrogens is 278 g/mol. The molecular formula is C17H15N3O2. The van der Waals surface area contributed by atoms with Gasteiger partial charge in [-0.1, -0.05) is 30.3 Å². The van der Waals surface area contributed by atoms with Crippen LogP contribution in [0.4, 0.5) is 5.69 Å². The van der Waals surface area contributed by atoms with E-state index >= 15 is 0 Å². The highest BCUT2D eigenvalue weighted by molar-refractivity contribution is 6.46. The summed E-state index contributed by atoms with van der Waals surface area (Å²) in [6.07, 6.45) is 0.118. The molecule has 5 nitrogen and oxygen atoms in total. The zero-order chi connectivity index (χ0) is 15.8. The van der Waals surface area contributed by atoms with Crippen molar-refractivity contribution in [3.05, 3.63) is 60.2 Å². The van der Waals surface area contributed by atoms with Gasteiger partial charge in [0.1, 0.15) is 11.8 Å². The third-order valence-electron chi connectivity index (χ3n) is 2.96. The topological polar surface area (TPSA) is 74.5 Å². The Morgan fingerprint density at radius 3 is 2.45 bits per heavy atom. The van der Waals surface area contributed by atoms with Crippen LogP contribution in [0.2, 0.25) is 0 Å². The number of para-hydroxylation sites is 1. The van der Waals surface area contributed by atoms with Crippen molar-refractivity contribution in [1.29, 1.82) is 5.26 Å². The van der Waals surface area contributed by atoms with Crippen molar-refractivity contribution in [2.75, 3.05) is 12.5 Å². The van der Waals surface area contributed by atoms with Crippen LogP contribution in [0.25, 0.3) is 0 Å². The fourth-order valence-electron chi connectivity index (χ4n) is 1.80. The number of carbonyl (C=O) groups excluding carboxylic acids is 1.